The minimum absolute atomic E-state index is 0.137. The van der Waals surface area contributed by atoms with Crippen molar-refractivity contribution in [3.8, 4) is 24.7 Å². The molecule has 0 saturated heterocycles. The van der Waals surface area contributed by atoms with E-state index in [-0.39, 0.29) is 31.7 Å². The number of hydrogen-bond donors (Lipinski definition) is 5. The normalized spacial score (nSPS) is 17.3. The van der Waals surface area contributed by atoms with Crippen molar-refractivity contribution in [2.75, 3.05) is 32.9 Å². The Morgan fingerprint density at radius 1 is 1.04 bits per heavy atom. The lowest BCUT2D eigenvalue weighted by atomic mass is 9.82. The Kier molecular flexibility index (Phi) is 17.2. The van der Waals surface area contributed by atoms with Gasteiger partial charge < -0.3 is 26.2 Å². The molecule has 45 heavy (non-hydrogen) atoms. The van der Waals surface area contributed by atoms with Gasteiger partial charge in [-0.3, -0.25) is 9.59 Å². The average molecular weight is 645 g/mol. The zero-order valence-electron chi connectivity index (χ0n) is 26.8. The van der Waals surface area contributed by atoms with Crippen LogP contribution in [0.5, 0.6) is 0 Å². The third-order valence-corrected chi connectivity index (χ3v) is 10.4. The van der Waals surface area contributed by atoms with Gasteiger partial charge in [-0.2, -0.15) is 0 Å². The molecule has 5 atom stereocenters. The van der Waals surface area contributed by atoms with Gasteiger partial charge in [0.25, 0.3) is 0 Å². The number of nitrogens with one attached hydrogen (secondary N) is 3. The highest BCUT2D eigenvalue weighted by Gasteiger charge is 2.34. The van der Waals surface area contributed by atoms with Crippen molar-refractivity contribution in [2.45, 2.75) is 94.9 Å². The predicted molar refractivity (Wildman–Crippen MR) is 177 cm³/mol. The molecule has 0 spiro atoms. The van der Waals surface area contributed by atoms with Crippen LogP contribution >= 0.6 is 0 Å². The number of aliphatic hydroxyl groups excluding tert-OH is 2. The van der Waals surface area contributed by atoms with Crippen molar-refractivity contribution in [3.05, 3.63) is 35.9 Å². The highest BCUT2D eigenvalue weighted by Crippen LogP contribution is 2.29. The highest BCUT2D eigenvalue weighted by atomic mass is 32.2. The first-order chi connectivity index (χ1) is 21.5. The first-order valence-electron chi connectivity index (χ1n) is 16.0. The summed E-state index contributed by atoms with van der Waals surface area (Å²) in [6.45, 7) is 0.683. The quantitative estimate of drug-likeness (QED) is 0.107. The Labute approximate surface area is 270 Å². The van der Waals surface area contributed by atoms with Crippen molar-refractivity contribution in [1.82, 2.24) is 20.3 Å². The summed E-state index contributed by atoms with van der Waals surface area (Å²) in [5.74, 6) is 2.58. The van der Waals surface area contributed by atoms with E-state index in [1.165, 1.54) is 11.4 Å². The second-order valence-electron chi connectivity index (χ2n) is 12.1. The number of carbonyl (C=O) groups excluding carboxylic acids is 2. The topological polar surface area (TPSA) is 148 Å². The Hall–Kier alpha value is -2.93. The number of aliphatic hydroxyl groups is 2. The van der Waals surface area contributed by atoms with E-state index in [0.29, 0.717) is 25.8 Å². The number of amides is 2. The van der Waals surface area contributed by atoms with Crippen molar-refractivity contribution in [3.63, 3.8) is 0 Å². The summed E-state index contributed by atoms with van der Waals surface area (Å²) in [6, 6.07) is 7.16. The Balaban J connectivity index is 2.25. The molecule has 1 saturated carbocycles. The molecular weight excluding hydrogens is 592 g/mol. The smallest absolute Gasteiger partial charge is 0.243 e. The SMILES string of the molecule is C#CCCC[C@H](O)[C@H](O)[C@H](CC1CCCCC1)NC(=O)[C@H](CC#C)NC(=O)[C@H](Cc1ccccc1)CS(=O)(=O)N(C)CCNC. The molecule has 0 radical (unpaired) electrons. The van der Waals surface area contributed by atoms with E-state index < -0.39 is 57.8 Å². The summed E-state index contributed by atoms with van der Waals surface area (Å²) in [7, 11) is -0.619. The molecule has 0 unspecified atom stereocenters. The second kappa shape index (κ2) is 20.2. The number of terminal acetylenes is 2. The van der Waals surface area contributed by atoms with Crippen molar-refractivity contribution in [2.24, 2.45) is 11.8 Å². The van der Waals surface area contributed by atoms with Crippen LogP contribution < -0.4 is 16.0 Å². The molecule has 1 aliphatic rings. The van der Waals surface area contributed by atoms with E-state index in [9.17, 15) is 28.2 Å². The van der Waals surface area contributed by atoms with Gasteiger partial charge in [-0.1, -0.05) is 62.4 Å². The van der Waals surface area contributed by atoms with E-state index >= 15 is 0 Å². The Morgan fingerprint density at radius 2 is 1.73 bits per heavy atom. The summed E-state index contributed by atoms with van der Waals surface area (Å²) >= 11 is 0. The van der Waals surface area contributed by atoms with Crippen LogP contribution in [0.1, 0.15) is 69.8 Å². The minimum atomic E-state index is -3.81. The molecule has 10 nitrogen and oxygen atoms in total. The zero-order valence-corrected chi connectivity index (χ0v) is 27.6. The van der Waals surface area contributed by atoms with Gasteiger partial charge in [0.2, 0.25) is 21.8 Å². The van der Waals surface area contributed by atoms with Crippen molar-refractivity contribution >= 4 is 21.8 Å². The Morgan fingerprint density at radius 3 is 2.36 bits per heavy atom. The highest BCUT2D eigenvalue weighted by molar-refractivity contribution is 7.89. The van der Waals surface area contributed by atoms with Crippen LogP contribution in [0.2, 0.25) is 0 Å². The molecule has 0 bridgehead atoms. The molecule has 1 aromatic carbocycles. The number of nitrogens with zero attached hydrogens (tertiary/aromatic N) is 1. The van der Waals surface area contributed by atoms with Gasteiger partial charge in [-0.25, -0.2) is 12.7 Å². The van der Waals surface area contributed by atoms with Crippen molar-refractivity contribution < 1.29 is 28.2 Å². The molecule has 2 amide bonds. The summed E-state index contributed by atoms with van der Waals surface area (Å²) in [5.41, 5.74) is 0.776. The molecule has 1 aliphatic carbocycles. The fraction of sp³-hybridized carbons (Fsp3) is 0.647. The standard InChI is InChI=1S/C34H52N4O6S/c1-5-7-10-20-31(39)32(40)30(24-27-18-13-9-14-19-27)37-34(42)29(15-6-2)36-33(41)28(23-26-16-11-8-12-17-26)25-45(43,44)38(4)22-21-35-3/h1-2,8,11-12,16-17,27-32,35,39-40H,7,9-10,13-15,18-25H2,3-4H3,(H,36,41)(H,37,42)/t28-,29+,30+,31+,32-/m1/s1. The molecule has 0 aromatic heterocycles. The van der Waals surface area contributed by atoms with Gasteiger partial charge in [0.05, 0.1) is 29.9 Å². The molecule has 1 aromatic rings. The fourth-order valence-electron chi connectivity index (χ4n) is 5.73. The number of unbranched alkanes of at least 4 members (excludes halogenated alkanes) is 1. The summed E-state index contributed by atoms with van der Waals surface area (Å²) in [6.07, 6.45) is 15.6. The van der Waals surface area contributed by atoms with Gasteiger partial charge >= 0.3 is 0 Å². The van der Waals surface area contributed by atoms with Gasteiger partial charge in [0.15, 0.2) is 0 Å². The molecule has 11 heteroatoms. The number of likely N-dealkylation sites (N-methyl/N-ethyl adjacent to an activating group) is 2. The predicted octanol–water partition coefficient (Wildman–Crippen LogP) is 1.81. The van der Waals surface area contributed by atoms with E-state index in [1.54, 1.807) is 7.05 Å². The maximum Gasteiger partial charge on any atom is 0.243 e. The molecule has 5 N–H and O–H groups in total. The van der Waals surface area contributed by atoms with Crippen LogP contribution in [-0.2, 0) is 26.0 Å². The maximum absolute atomic E-state index is 13.7. The number of rotatable bonds is 20. The van der Waals surface area contributed by atoms with Crippen LogP contribution in [0, 0.1) is 36.5 Å². The van der Waals surface area contributed by atoms with Gasteiger partial charge in [-0.05, 0) is 44.2 Å². The van der Waals surface area contributed by atoms with E-state index in [2.05, 4.69) is 27.8 Å². The first kappa shape index (κ1) is 38.3. The second-order valence-corrected chi connectivity index (χ2v) is 14.2. The third-order valence-electron chi connectivity index (χ3n) is 8.48. The first-order valence-corrected chi connectivity index (χ1v) is 17.6. The van der Waals surface area contributed by atoms with Crippen LogP contribution in [0.25, 0.3) is 0 Å². The van der Waals surface area contributed by atoms with Gasteiger partial charge in [0, 0.05) is 33.0 Å². The number of carbonyl (C=O) groups is 2. The maximum atomic E-state index is 13.7. The average Bonchev–Trinajstić information content (AvgIpc) is 3.03. The molecule has 2 rings (SSSR count). The largest absolute Gasteiger partial charge is 0.390 e. The van der Waals surface area contributed by atoms with E-state index in [0.717, 1.165) is 37.7 Å². The summed E-state index contributed by atoms with van der Waals surface area (Å²) in [5, 5.41) is 30.3. The fourth-order valence-corrected chi connectivity index (χ4v) is 7.14. The summed E-state index contributed by atoms with van der Waals surface area (Å²) in [4.78, 5) is 27.3. The third kappa shape index (κ3) is 13.5. The molecular formula is C34H52N4O6S. The van der Waals surface area contributed by atoms with Crippen LogP contribution in [0.4, 0.5) is 0 Å². The van der Waals surface area contributed by atoms with Crippen LogP contribution in [-0.4, -0.2) is 92.0 Å². The lowest BCUT2D eigenvalue weighted by Gasteiger charge is -2.33. The lowest BCUT2D eigenvalue weighted by Crippen LogP contribution is -2.56. The summed E-state index contributed by atoms with van der Waals surface area (Å²) < 4.78 is 27.6. The molecule has 0 aliphatic heterocycles. The number of hydrogen-bond acceptors (Lipinski definition) is 7. The number of benzene rings is 1. The molecule has 1 fully saturated rings. The van der Waals surface area contributed by atoms with Gasteiger partial charge in [-0.15, -0.1) is 24.7 Å². The molecule has 250 valence electrons. The van der Waals surface area contributed by atoms with Crippen LogP contribution in [0.15, 0.2) is 30.3 Å². The lowest BCUT2D eigenvalue weighted by molar-refractivity contribution is -0.132. The molecule has 0 heterocycles. The Bertz CT molecular complexity index is 1220. The van der Waals surface area contributed by atoms with E-state index in [1.807, 2.05) is 30.3 Å². The van der Waals surface area contributed by atoms with Crippen molar-refractivity contribution in [1.29, 1.82) is 0 Å². The minimum Gasteiger partial charge on any atom is -0.390 e. The monoisotopic (exact) mass is 644 g/mol. The number of sulfonamides is 1. The van der Waals surface area contributed by atoms with E-state index in [4.69, 9.17) is 12.8 Å². The zero-order chi connectivity index (χ0) is 33.2. The van der Waals surface area contributed by atoms with Crippen LogP contribution in [0.3, 0.4) is 0 Å². The van der Waals surface area contributed by atoms with Gasteiger partial charge in [0.1, 0.15) is 6.04 Å².